The molecular formula is C20H21NO2. The van der Waals surface area contributed by atoms with Gasteiger partial charge in [0.15, 0.2) is 0 Å². The highest BCUT2D eigenvalue weighted by molar-refractivity contribution is 5.68. The maximum Gasteiger partial charge on any atom is 0.410 e. The lowest BCUT2D eigenvalue weighted by molar-refractivity contribution is 0.103. The maximum atomic E-state index is 12.4. The predicted octanol–water partition coefficient (Wildman–Crippen LogP) is 4.06. The molecule has 4 rings (SSSR count). The highest BCUT2D eigenvalue weighted by Gasteiger charge is 2.48. The smallest absolute Gasteiger partial charge is 0.410 e. The molecule has 2 aromatic rings. The summed E-state index contributed by atoms with van der Waals surface area (Å²) in [5.74, 6) is 1.13. The Kier molecular flexibility index (Phi) is 3.48. The Morgan fingerprint density at radius 3 is 2.57 bits per heavy atom. The van der Waals surface area contributed by atoms with Crippen molar-refractivity contribution < 1.29 is 10.9 Å². The van der Waals surface area contributed by atoms with Crippen molar-refractivity contribution in [3.63, 3.8) is 0 Å². The van der Waals surface area contributed by atoms with Gasteiger partial charge in [0.2, 0.25) is 0 Å². The van der Waals surface area contributed by atoms with Crippen LogP contribution >= 0.6 is 0 Å². The van der Waals surface area contributed by atoms with Crippen LogP contribution in [0.3, 0.4) is 0 Å². The molecule has 0 radical (unpaired) electrons. The molecule has 0 aromatic heterocycles. The molecule has 0 unspecified atom stereocenters. The number of fused-ring (bicyclic) bond motifs is 1. The van der Waals surface area contributed by atoms with Crippen LogP contribution in [0, 0.1) is 11.8 Å². The summed E-state index contributed by atoms with van der Waals surface area (Å²) in [4.78, 5) is 14.0. The van der Waals surface area contributed by atoms with Gasteiger partial charge in [0.1, 0.15) is 6.61 Å². The molecule has 1 saturated carbocycles. The summed E-state index contributed by atoms with van der Waals surface area (Å²) in [5.41, 5.74) is 2.29. The van der Waals surface area contributed by atoms with E-state index >= 15 is 0 Å². The highest BCUT2D eigenvalue weighted by Crippen LogP contribution is 2.51. The molecule has 0 N–H and O–H groups in total. The molecule has 3 nitrogen and oxygen atoms in total. The standard InChI is InChI=1S/C20H21NO2/c22-20(23-14-15-7-3-1-4-8-15)21-12-17-11-18(19(17)13-21)16-9-5-2-6-10-16/h1-10,17-19H,11-14H2/t17-,18-,19+/m1/s1/i12D/t12-,17-,18-,19+. The van der Waals surface area contributed by atoms with E-state index in [0.717, 1.165) is 12.0 Å². The van der Waals surface area contributed by atoms with E-state index in [1.807, 2.05) is 36.4 Å². The van der Waals surface area contributed by atoms with Crippen molar-refractivity contribution >= 4 is 6.09 Å². The molecule has 0 bridgehead atoms. The second kappa shape index (κ2) is 6.07. The number of ether oxygens (including phenoxy) is 1. The summed E-state index contributed by atoms with van der Waals surface area (Å²) in [7, 11) is 0. The van der Waals surface area contributed by atoms with Gasteiger partial charge < -0.3 is 9.64 Å². The zero-order chi connectivity index (χ0) is 16.5. The van der Waals surface area contributed by atoms with Crippen LogP contribution in [0.15, 0.2) is 60.7 Å². The number of carbonyl (C=O) groups is 1. The number of rotatable bonds is 3. The average molecular weight is 308 g/mol. The van der Waals surface area contributed by atoms with Gasteiger partial charge in [0.05, 0.1) is 0 Å². The normalized spacial score (nSPS) is 29.4. The fourth-order valence-electron chi connectivity index (χ4n) is 3.72. The molecule has 4 atom stereocenters. The first-order valence-electron chi connectivity index (χ1n) is 8.76. The molecule has 3 heteroatoms. The zero-order valence-electron chi connectivity index (χ0n) is 14.0. The van der Waals surface area contributed by atoms with Crippen molar-refractivity contribution in [2.75, 3.05) is 13.1 Å². The van der Waals surface area contributed by atoms with Gasteiger partial charge in [-0.1, -0.05) is 60.7 Å². The van der Waals surface area contributed by atoms with Crippen LogP contribution in [-0.2, 0) is 11.3 Å². The number of hydrogen-bond acceptors (Lipinski definition) is 2. The third-order valence-electron chi connectivity index (χ3n) is 5.04. The molecule has 118 valence electrons. The second-order valence-corrected chi connectivity index (χ2v) is 6.42. The van der Waals surface area contributed by atoms with E-state index in [9.17, 15) is 4.79 Å². The number of likely N-dealkylation sites (tertiary alicyclic amines) is 1. The van der Waals surface area contributed by atoms with Crippen LogP contribution in [0.1, 0.15) is 24.8 Å². The van der Waals surface area contributed by atoms with Gasteiger partial charge in [0.25, 0.3) is 0 Å². The minimum absolute atomic E-state index is 0.264. The third-order valence-corrected chi connectivity index (χ3v) is 5.04. The number of amides is 1. The van der Waals surface area contributed by atoms with Gasteiger partial charge in [-0.25, -0.2) is 4.79 Å². The van der Waals surface area contributed by atoms with Crippen molar-refractivity contribution in [1.29, 1.82) is 0 Å². The van der Waals surface area contributed by atoms with E-state index in [-0.39, 0.29) is 18.6 Å². The van der Waals surface area contributed by atoms with Gasteiger partial charge in [-0.05, 0) is 35.3 Å². The molecule has 1 aliphatic heterocycles. The first-order valence-corrected chi connectivity index (χ1v) is 8.18. The van der Waals surface area contributed by atoms with E-state index in [1.54, 1.807) is 4.90 Å². The van der Waals surface area contributed by atoms with Gasteiger partial charge in [-0.15, -0.1) is 0 Å². The number of nitrogens with zero attached hydrogens (tertiary/aromatic N) is 1. The minimum atomic E-state index is -0.474. The predicted molar refractivity (Wildman–Crippen MR) is 89.0 cm³/mol. The van der Waals surface area contributed by atoms with Crippen LogP contribution < -0.4 is 0 Å². The van der Waals surface area contributed by atoms with E-state index in [4.69, 9.17) is 6.11 Å². The van der Waals surface area contributed by atoms with E-state index in [0.29, 0.717) is 18.4 Å². The number of benzene rings is 2. The second-order valence-electron chi connectivity index (χ2n) is 6.42. The summed E-state index contributed by atoms with van der Waals surface area (Å²) < 4.78 is 13.8. The number of hydrogen-bond donors (Lipinski definition) is 0. The van der Waals surface area contributed by atoms with E-state index < -0.39 is 6.52 Å². The monoisotopic (exact) mass is 308 g/mol. The topological polar surface area (TPSA) is 29.5 Å². The molecule has 1 saturated heterocycles. The SMILES string of the molecule is [2H][C@@H]1[C@H]2C[C@H](c3ccccc3)[C@H]2CN1C(=O)OCc1ccccc1. The lowest BCUT2D eigenvalue weighted by Crippen LogP contribution is -2.33. The Bertz CT molecular complexity index is 706. The van der Waals surface area contributed by atoms with Gasteiger partial charge in [-0.2, -0.15) is 0 Å². The van der Waals surface area contributed by atoms with Crippen molar-refractivity contribution in [3.05, 3.63) is 71.8 Å². The van der Waals surface area contributed by atoms with Crippen LogP contribution in [0.2, 0.25) is 0 Å². The van der Waals surface area contributed by atoms with Crippen molar-refractivity contribution in [1.82, 2.24) is 4.90 Å². The number of carbonyl (C=O) groups excluding carboxylic acids is 1. The van der Waals surface area contributed by atoms with E-state index in [1.165, 1.54) is 5.56 Å². The molecular weight excluding hydrogens is 286 g/mol. The fourth-order valence-corrected chi connectivity index (χ4v) is 3.72. The molecule has 2 aromatic carbocycles. The Morgan fingerprint density at radius 2 is 1.83 bits per heavy atom. The van der Waals surface area contributed by atoms with Gasteiger partial charge >= 0.3 is 6.09 Å². The molecule has 1 heterocycles. The Balaban J connectivity index is 1.38. The van der Waals surface area contributed by atoms with Gasteiger partial charge in [0, 0.05) is 14.4 Å². The summed E-state index contributed by atoms with van der Waals surface area (Å²) in [6.07, 6.45) is 0.630. The lowest BCUT2D eigenvalue weighted by atomic mass is 9.64. The molecule has 2 fully saturated rings. The fraction of sp³-hybridized carbons (Fsp3) is 0.350. The molecule has 1 amide bonds. The zero-order valence-corrected chi connectivity index (χ0v) is 13.0. The van der Waals surface area contributed by atoms with Crippen LogP contribution in [0.4, 0.5) is 4.79 Å². The summed E-state index contributed by atoms with van der Waals surface area (Å²) in [5, 5.41) is 0. The lowest BCUT2D eigenvalue weighted by Gasteiger charge is -2.39. The van der Waals surface area contributed by atoms with Crippen LogP contribution in [0.5, 0.6) is 0 Å². The summed E-state index contributed by atoms with van der Waals surface area (Å²) >= 11 is 0. The Labute approximate surface area is 138 Å². The highest BCUT2D eigenvalue weighted by atomic mass is 16.6. The molecule has 23 heavy (non-hydrogen) atoms. The first kappa shape index (κ1) is 13.2. The maximum absolute atomic E-state index is 12.4. The van der Waals surface area contributed by atoms with Gasteiger partial charge in [-0.3, -0.25) is 0 Å². The largest absolute Gasteiger partial charge is 0.445 e. The van der Waals surface area contributed by atoms with Crippen molar-refractivity contribution in [3.8, 4) is 0 Å². The van der Waals surface area contributed by atoms with Crippen LogP contribution in [-0.4, -0.2) is 24.1 Å². The van der Waals surface area contributed by atoms with Crippen molar-refractivity contribution in [2.24, 2.45) is 11.8 Å². The third kappa shape index (κ3) is 2.83. The van der Waals surface area contributed by atoms with E-state index in [2.05, 4.69) is 24.3 Å². The Morgan fingerprint density at radius 1 is 1.13 bits per heavy atom. The average Bonchev–Trinajstić information content (AvgIpc) is 2.85. The quantitative estimate of drug-likeness (QED) is 0.856. The molecule has 2 aliphatic rings. The van der Waals surface area contributed by atoms with Crippen LogP contribution in [0.25, 0.3) is 0 Å². The minimum Gasteiger partial charge on any atom is -0.445 e. The summed E-state index contributed by atoms with van der Waals surface area (Å²) in [6, 6.07) is 20.1. The Hall–Kier alpha value is -2.29. The summed E-state index contributed by atoms with van der Waals surface area (Å²) in [6.45, 7) is 0.421. The first-order chi connectivity index (χ1) is 11.7. The molecule has 1 aliphatic carbocycles. The van der Waals surface area contributed by atoms with Crippen molar-refractivity contribution in [2.45, 2.75) is 18.9 Å². The molecule has 0 spiro atoms.